The maximum atomic E-state index is 12.9. The number of carbonyl (C=O) groups is 1. The van der Waals surface area contributed by atoms with E-state index >= 15 is 0 Å². The Morgan fingerprint density at radius 1 is 1.43 bits per heavy atom. The first-order chi connectivity index (χ1) is 9.91. The van der Waals surface area contributed by atoms with E-state index in [9.17, 15) is 18.0 Å². The molecule has 0 aliphatic carbocycles. The highest BCUT2D eigenvalue weighted by Crippen LogP contribution is 2.35. The van der Waals surface area contributed by atoms with Crippen molar-refractivity contribution in [2.75, 3.05) is 30.4 Å². The molecule has 1 aromatic rings. The van der Waals surface area contributed by atoms with Crippen LogP contribution < -0.4 is 10.6 Å². The van der Waals surface area contributed by atoms with Crippen molar-refractivity contribution in [3.05, 3.63) is 29.3 Å². The summed E-state index contributed by atoms with van der Waals surface area (Å²) in [5.41, 5.74) is -0.827. The van der Waals surface area contributed by atoms with Crippen LogP contribution in [0.4, 0.5) is 18.9 Å². The van der Waals surface area contributed by atoms with Crippen LogP contribution in [0, 0.1) is 5.92 Å². The summed E-state index contributed by atoms with van der Waals surface area (Å²) in [6, 6.07) is 3.58. The number of alkyl halides is 3. The Morgan fingerprint density at radius 3 is 2.76 bits per heavy atom. The highest BCUT2D eigenvalue weighted by Gasteiger charge is 2.34. The zero-order valence-electron chi connectivity index (χ0n) is 11.6. The molecule has 1 aliphatic heterocycles. The maximum Gasteiger partial charge on any atom is 0.418 e. The molecule has 1 heterocycles. The van der Waals surface area contributed by atoms with Crippen LogP contribution in [0.3, 0.4) is 0 Å². The Bertz CT molecular complexity index is 513. The predicted molar refractivity (Wildman–Crippen MR) is 78.8 cm³/mol. The monoisotopic (exact) mass is 318 g/mol. The summed E-state index contributed by atoms with van der Waals surface area (Å²) < 4.78 is 38.8. The van der Waals surface area contributed by atoms with E-state index in [-0.39, 0.29) is 11.3 Å². The normalized spacial score (nSPS) is 18.6. The van der Waals surface area contributed by atoms with Crippen LogP contribution in [0.2, 0.25) is 0 Å². The molecule has 2 N–H and O–H groups in total. The van der Waals surface area contributed by atoms with E-state index in [0.29, 0.717) is 12.5 Å². The number of rotatable bonds is 4. The topological polar surface area (TPSA) is 41.1 Å². The Labute approximate surface area is 125 Å². The van der Waals surface area contributed by atoms with Gasteiger partial charge in [-0.15, -0.1) is 0 Å². The van der Waals surface area contributed by atoms with Crippen LogP contribution in [-0.4, -0.2) is 31.0 Å². The van der Waals surface area contributed by atoms with Crippen molar-refractivity contribution in [1.82, 2.24) is 5.32 Å². The maximum absolute atomic E-state index is 12.9. The molecule has 1 aliphatic rings. The molecule has 0 radical (unpaired) electrons. The molecule has 1 saturated heterocycles. The molecule has 21 heavy (non-hydrogen) atoms. The first-order valence-electron chi connectivity index (χ1n) is 6.66. The Balaban J connectivity index is 2.10. The molecule has 0 aromatic heterocycles. The van der Waals surface area contributed by atoms with Gasteiger partial charge in [0.05, 0.1) is 5.56 Å². The third kappa shape index (κ3) is 4.06. The lowest BCUT2D eigenvalue weighted by Gasteiger charge is -2.15. The molecule has 1 unspecified atom stereocenters. The van der Waals surface area contributed by atoms with Crippen LogP contribution in [0.25, 0.3) is 0 Å². The number of nitrogens with one attached hydrogen (secondary N) is 2. The fourth-order valence-electron chi connectivity index (χ4n) is 2.22. The average Bonchev–Trinajstić information content (AvgIpc) is 2.96. The lowest BCUT2D eigenvalue weighted by molar-refractivity contribution is -0.136. The van der Waals surface area contributed by atoms with Gasteiger partial charge in [-0.1, -0.05) is 0 Å². The second-order valence-electron chi connectivity index (χ2n) is 4.95. The molecule has 0 spiro atoms. The lowest BCUT2D eigenvalue weighted by atomic mass is 10.1. The number of benzene rings is 1. The summed E-state index contributed by atoms with van der Waals surface area (Å²) in [7, 11) is 1.42. The highest BCUT2D eigenvalue weighted by molar-refractivity contribution is 7.99. The number of amides is 1. The van der Waals surface area contributed by atoms with E-state index in [2.05, 4.69) is 10.6 Å². The molecule has 0 bridgehead atoms. The molecule has 7 heteroatoms. The second kappa shape index (κ2) is 6.60. The van der Waals surface area contributed by atoms with Gasteiger partial charge in [-0.3, -0.25) is 4.79 Å². The fourth-order valence-corrected chi connectivity index (χ4v) is 3.51. The molecule has 1 atom stereocenters. The van der Waals surface area contributed by atoms with Gasteiger partial charge in [-0.2, -0.15) is 24.9 Å². The Morgan fingerprint density at radius 2 is 2.19 bits per heavy atom. The third-order valence-corrected chi connectivity index (χ3v) is 4.66. The molecule has 2 rings (SSSR count). The summed E-state index contributed by atoms with van der Waals surface area (Å²) in [6.45, 7) is 0.515. The Kier molecular flexibility index (Phi) is 5.03. The fraction of sp³-hybridized carbons (Fsp3) is 0.500. The summed E-state index contributed by atoms with van der Waals surface area (Å²) in [6.07, 6.45) is -3.45. The minimum absolute atomic E-state index is 0.0342. The molecule has 1 fully saturated rings. The third-order valence-electron chi connectivity index (χ3n) is 3.43. The van der Waals surface area contributed by atoms with Gasteiger partial charge in [0.2, 0.25) is 0 Å². The molecule has 3 nitrogen and oxygen atoms in total. The van der Waals surface area contributed by atoms with E-state index in [4.69, 9.17) is 0 Å². The van der Waals surface area contributed by atoms with E-state index < -0.39 is 17.6 Å². The smallest absolute Gasteiger partial charge is 0.388 e. The first kappa shape index (κ1) is 16.0. The van der Waals surface area contributed by atoms with Crippen molar-refractivity contribution in [2.24, 2.45) is 5.92 Å². The predicted octanol–water partition coefficient (Wildman–Crippen LogP) is 3.23. The van der Waals surface area contributed by atoms with E-state index in [1.54, 1.807) is 0 Å². The summed E-state index contributed by atoms with van der Waals surface area (Å²) in [5.74, 6) is 2.03. The number of thioether (sulfide) groups is 1. The van der Waals surface area contributed by atoms with Gasteiger partial charge in [0, 0.05) is 24.8 Å². The van der Waals surface area contributed by atoms with Gasteiger partial charge in [0.15, 0.2) is 0 Å². The minimum Gasteiger partial charge on any atom is -0.388 e. The van der Waals surface area contributed by atoms with Gasteiger partial charge < -0.3 is 10.6 Å². The SMILES string of the molecule is CNc1ccc(C(=O)NCC2CCSC2)cc1C(F)(F)F. The second-order valence-corrected chi connectivity index (χ2v) is 6.10. The number of hydrogen-bond donors (Lipinski definition) is 2. The number of carbonyl (C=O) groups excluding carboxylic acids is 1. The van der Waals surface area contributed by atoms with Crippen LogP contribution in [0.1, 0.15) is 22.3 Å². The summed E-state index contributed by atoms with van der Waals surface area (Å²) >= 11 is 1.83. The largest absolute Gasteiger partial charge is 0.418 e. The van der Waals surface area contributed by atoms with Gasteiger partial charge in [0.1, 0.15) is 0 Å². The zero-order valence-corrected chi connectivity index (χ0v) is 12.4. The van der Waals surface area contributed by atoms with Crippen molar-refractivity contribution < 1.29 is 18.0 Å². The molecule has 1 aromatic carbocycles. The molecule has 116 valence electrons. The number of hydrogen-bond acceptors (Lipinski definition) is 3. The van der Waals surface area contributed by atoms with Crippen LogP contribution in [-0.2, 0) is 6.18 Å². The van der Waals surface area contributed by atoms with Crippen molar-refractivity contribution in [1.29, 1.82) is 0 Å². The number of anilines is 1. The molecular formula is C14H17F3N2OS. The van der Waals surface area contributed by atoms with Gasteiger partial charge in [-0.05, 0) is 42.0 Å². The van der Waals surface area contributed by atoms with Crippen LogP contribution >= 0.6 is 11.8 Å². The average molecular weight is 318 g/mol. The van der Waals surface area contributed by atoms with Crippen molar-refractivity contribution in [3.8, 4) is 0 Å². The van der Waals surface area contributed by atoms with E-state index in [0.717, 1.165) is 24.0 Å². The van der Waals surface area contributed by atoms with Gasteiger partial charge in [-0.25, -0.2) is 0 Å². The van der Waals surface area contributed by atoms with E-state index in [1.165, 1.54) is 19.2 Å². The quantitative estimate of drug-likeness (QED) is 0.895. The summed E-state index contributed by atoms with van der Waals surface area (Å²) in [5, 5.41) is 5.21. The van der Waals surface area contributed by atoms with Crippen molar-refractivity contribution in [3.63, 3.8) is 0 Å². The van der Waals surface area contributed by atoms with Crippen LogP contribution in [0.5, 0.6) is 0 Å². The highest BCUT2D eigenvalue weighted by atomic mass is 32.2. The van der Waals surface area contributed by atoms with Crippen LogP contribution in [0.15, 0.2) is 18.2 Å². The standard InChI is InChI=1S/C14H17F3N2OS/c1-18-12-3-2-10(6-11(12)14(15,16)17)13(20)19-7-9-4-5-21-8-9/h2-3,6,9,18H,4-5,7-8H2,1H3,(H,19,20). The Hall–Kier alpha value is -1.37. The molecular weight excluding hydrogens is 301 g/mol. The minimum atomic E-state index is -4.49. The summed E-state index contributed by atoms with van der Waals surface area (Å²) in [4.78, 5) is 12.0. The lowest BCUT2D eigenvalue weighted by Crippen LogP contribution is -2.29. The first-order valence-corrected chi connectivity index (χ1v) is 7.82. The van der Waals surface area contributed by atoms with E-state index in [1.807, 2.05) is 11.8 Å². The van der Waals surface area contributed by atoms with Gasteiger partial charge >= 0.3 is 6.18 Å². The van der Waals surface area contributed by atoms with Crippen molar-refractivity contribution in [2.45, 2.75) is 12.6 Å². The molecule has 0 saturated carbocycles. The number of halogens is 3. The zero-order chi connectivity index (χ0) is 15.5. The van der Waals surface area contributed by atoms with Gasteiger partial charge in [0.25, 0.3) is 5.91 Å². The molecule has 1 amide bonds. The van der Waals surface area contributed by atoms with Crippen molar-refractivity contribution >= 4 is 23.4 Å².